The van der Waals surface area contributed by atoms with Crippen LogP contribution in [0.2, 0.25) is 0 Å². The monoisotopic (exact) mass is 352 g/mol. The summed E-state index contributed by atoms with van der Waals surface area (Å²) in [5.74, 6) is -3.13. The topological polar surface area (TPSA) is 92.4 Å². The van der Waals surface area contributed by atoms with Crippen LogP contribution in [0.15, 0.2) is 28.8 Å². The van der Waals surface area contributed by atoms with Gasteiger partial charge in [0.2, 0.25) is 5.91 Å². The number of aromatic nitrogens is 1. The van der Waals surface area contributed by atoms with Gasteiger partial charge >= 0.3 is 5.97 Å². The minimum Gasteiger partial charge on any atom is -0.481 e. The Bertz CT molecular complexity index is 776. The minimum atomic E-state index is -0.994. The summed E-state index contributed by atoms with van der Waals surface area (Å²) in [5.41, 5.74) is 0.0773. The number of hydrogen-bond acceptors (Lipinski definition) is 4. The first kappa shape index (κ1) is 18.6. The van der Waals surface area contributed by atoms with Crippen molar-refractivity contribution in [2.45, 2.75) is 32.7 Å². The van der Waals surface area contributed by atoms with Gasteiger partial charge in [0.25, 0.3) is 0 Å². The Morgan fingerprint density at radius 2 is 2.04 bits per heavy atom. The highest BCUT2D eigenvalue weighted by molar-refractivity contribution is 5.78. The van der Waals surface area contributed by atoms with Gasteiger partial charge in [0.05, 0.1) is 17.7 Å². The molecule has 2 atom stereocenters. The molecule has 1 aromatic carbocycles. The fourth-order valence-electron chi connectivity index (χ4n) is 2.13. The maximum atomic E-state index is 13.7. The summed E-state index contributed by atoms with van der Waals surface area (Å²) in [6.45, 7) is 3.11. The quantitative estimate of drug-likeness (QED) is 0.799. The average Bonchev–Trinajstić information content (AvgIpc) is 3.00. The van der Waals surface area contributed by atoms with Crippen LogP contribution in [0.1, 0.15) is 26.2 Å². The highest BCUT2D eigenvalue weighted by Gasteiger charge is 2.21. The predicted octanol–water partition coefficient (Wildman–Crippen LogP) is 2.78. The molecule has 1 heterocycles. The molecule has 0 saturated heterocycles. The molecule has 6 nitrogen and oxygen atoms in total. The van der Waals surface area contributed by atoms with E-state index in [1.54, 1.807) is 6.92 Å². The van der Waals surface area contributed by atoms with Crippen molar-refractivity contribution in [1.82, 2.24) is 10.3 Å². The number of carbonyl (C=O) groups is 2. The van der Waals surface area contributed by atoms with E-state index in [1.165, 1.54) is 19.2 Å². The highest BCUT2D eigenvalue weighted by Crippen LogP contribution is 2.24. The second kappa shape index (κ2) is 7.87. The number of halogens is 2. The Labute approximate surface area is 142 Å². The van der Waals surface area contributed by atoms with Crippen molar-refractivity contribution in [3.8, 4) is 11.3 Å². The van der Waals surface area contributed by atoms with Gasteiger partial charge in [-0.05, 0) is 26.0 Å². The van der Waals surface area contributed by atoms with Gasteiger partial charge in [-0.25, -0.2) is 13.8 Å². The number of hydrogen-bond donors (Lipinski definition) is 2. The van der Waals surface area contributed by atoms with E-state index >= 15 is 0 Å². The molecular formula is C17H18F2N2O4. The van der Waals surface area contributed by atoms with Crippen LogP contribution in [-0.4, -0.2) is 28.0 Å². The van der Waals surface area contributed by atoms with E-state index in [0.29, 0.717) is 0 Å². The molecule has 1 aromatic heterocycles. The summed E-state index contributed by atoms with van der Waals surface area (Å²) in [6, 6.07) is 2.59. The largest absolute Gasteiger partial charge is 0.481 e. The summed E-state index contributed by atoms with van der Waals surface area (Å²) in [6.07, 6.45) is 1.52. The Balaban J connectivity index is 1.93. The maximum Gasteiger partial charge on any atom is 0.308 e. The zero-order valence-corrected chi connectivity index (χ0v) is 13.8. The van der Waals surface area contributed by atoms with Gasteiger partial charge in [0.1, 0.15) is 11.6 Å². The van der Waals surface area contributed by atoms with Crippen LogP contribution in [0.5, 0.6) is 0 Å². The fraction of sp³-hybridized carbons (Fsp3) is 0.353. The molecule has 2 N–H and O–H groups in total. The first-order valence-corrected chi connectivity index (χ1v) is 7.70. The van der Waals surface area contributed by atoms with Gasteiger partial charge in [0.15, 0.2) is 11.7 Å². The van der Waals surface area contributed by atoms with E-state index < -0.39 is 29.6 Å². The SMILES string of the molecule is CC(NC(=O)CCc1ncc(-c2ccc(F)cc2F)o1)C(C)C(=O)O. The third-order valence-electron chi connectivity index (χ3n) is 3.84. The Morgan fingerprint density at radius 3 is 2.68 bits per heavy atom. The molecule has 25 heavy (non-hydrogen) atoms. The number of aliphatic carboxylic acids is 1. The molecule has 0 bridgehead atoms. The lowest BCUT2D eigenvalue weighted by Crippen LogP contribution is -2.40. The average molecular weight is 352 g/mol. The number of amides is 1. The number of nitrogens with one attached hydrogen (secondary N) is 1. The van der Waals surface area contributed by atoms with Gasteiger partial charge in [0, 0.05) is 24.9 Å². The Morgan fingerprint density at radius 1 is 1.32 bits per heavy atom. The molecule has 134 valence electrons. The van der Waals surface area contributed by atoms with Crippen molar-refractivity contribution in [3.63, 3.8) is 0 Å². The fourth-order valence-corrected chi connectivity index (χ4v) is 2.13. The number of carbonyl (C=O) groups excluding carboxylic acids is 1. The summed E-state index contributed by atoms with van der Waals surface area (Å²) in [4.78, 5) is 26.7. The number of carboxylic acid groups (broad SMARTS) is 1. The van der Waals surface area contributed by atoms with E-state index in [1.807, 2.05) is 0 Å². The minimum absolute atomic E-state index is 0.0442. The van der Waals surface area contributed by atoms with Gasteiger partial charge in [-0.2, -0.15) is 0 Å². The van der Waals surface area contributed by atoms with Crippen LogP contribution in [0.3, 0.4) is 0 Å². The zero-order valence-electron chi connectivity index (χ0n) is 13.8. The normalized spacial score (nSPS) is 13.3. The van der Waals surface area contributed by atoms with Crippen molar-refractivity contribution in [3.05, 3.63) is 41.9 Å². The van der Waals surface area contributed by atoms with Crippen molar-refractivity contribution in [2.75, 3.05) is 0 Å². The molecule has 2 aromatic rings. The third kappa shape index (κ3) is 4.85. The second-order valence-electron chi connectivity index (χ2n) is 5.73. The predicted molar refractivity (Wildman–Crippen MR) is 84.6 cm³/mol. The van der Waals surface area contributed by atoms with Crippen LogP contribution in [0, 0.1) is 17.6 Å². The lowest BCUT2D eigenvalue weighted by molar-refractivity contribution is -0.142. The lowest BCUT2D eigenvalue weighted by Gasteiger charge is -2.17. The first-order chi connectivity index (χ1) is 11.8. The number of benzene rings is 1. The second-order valence-corrected chi connectivity index (χ2v) is 5.73. The molecule has 2 rings (SSSR count). The van der Waals surface area contributed by atoms with Crippen LogP contribution in [0.25, 0.3) is 11.3 Å². The molecule has 0 aliphatic rings. The lowest BCUT2D eigenvalue weighted by atomic mass is 10.0. The van der Waals surface area contributed by atoms with E-state index in [2.05, 4.69) is 10.3 Å². The summed E-state index contributed by atoms with van der Waals surface area (Å²) >= 11 is 0. The molecule has 0 aliphatic carbocycles. The summed E-state index contributed by atoms with van der Waals surface area (Å²) in [5, 5.41) is 11.5. The molecule has 0 radical (unpaired) electrons. The summed E-state index contributed by atoms with van der Waals surface area (Å²) < 4.78 is 32.0. The standard InChI is InChI=1S/C17H18F2N2O4/c1-9(17(23)24)10(2)21-15(22)5-6-16-20-8-14(25-16)12-4-3-11(18)7-13(12)19/h3-4,7-10H,5-6H2,1-2H3,(H,21,22)(H,23,24). The van der Waals surface area contributed by atoms with Crippen LogP contribution in [-0.2, 0) is 16.0 Å². The van der Waals surface area contributed by atoms with E-state index in [0.717, 1.165) is 12.1 Å². The summed E-state index contributed by atoms with van der Waals surface area (Å²) in [7, 11) is 0. The Kier molecular flexibility index (Phi) is 5.84. The Hall–Kier alpha value is -2.77. The molecule has 8 heteroatoms. The van der Waals surface area contributed by atoms with E-state index in [9.17, 15) is 18.4 Å². The highest BCUT2D eigenvalue weighted by atomic mass is 19.1. The van der Waals surface area contributed by atoms with Gasteiger partial charge < -0.3 is 14.8 Å². The molecule has 2 unspecified atom stereocenters. The molecule has 0 saturated carbocycles. The van der Waals surface area contributed by atoms with Gasteiger partial charge in [-0.3, -0.25) is 9.59 Å². The van der Waals surface area contributed by atoms with Crippen LogP contribution >= 0.6 is 0 Å². The number of carboxylic acids is 1. The van der Waals surface area contributed by atoms with Crippen molar-refractivity contribution >= 4 is 11.9 Å². The molecule has 1 amide bonds. The van der Waals surface area contributed by atoms with Crippen molar-refractivity contribution < 1.29 is 27.9 Å². The van der Waals surface area contributed by atoms with Gasteiger partial charge in [-0.1, -0.05) is 0 Å². The van der Waals surface area contributed by atoms with Crippen molar-refractivity contribution in [2.24, 2.45) is 5.92 Å². The zero-order chi connectivity index (χ0) is 18.6. The third-order valence-corrected chi connectivity index (χ3v) is 3.84. The smallest absolute Gasteiger partial charge is 0.308 e. The number of rotatable bonds is 7. The number of nitrogens with zero attached hydrogens (tertiary/aromatic N) is 1. The molecule has 0 spiro atoms. The molecule has 0 fully saturated rings. The number of aryl methyl sites for hydroxylation is 1. The molecular weight excluding hydrogens is 334 g/mol. The molecule has 0 aliphatic heterocycles. The number of oxazole rings is 1. The van der Waals surface area contributed by atoms with Crippen molar-refractivity contribution in [1.29, 1.82) is 0 Å². The maximum absolute atomic E-state index is 13.7. The van der Waals surface area contributed by atoms with Crippen LogP contribution in [0.4, 0.5) is 8.78 Å². The van der Waals surface area contributed by atoms with Crippen LogP contribution < -0.4 is 5.32 Å². The van der Waals surface area contributed by atoms with Gasteiger partial charge in [-0.15, -0.1) is 0 Å². The van der Waals surface area contributed by atoms with E-state index in [-0.39, 0.29) is 36.0 Å². The van der Waals surface area contributed by atoms with E-state index in [4.69, 9.17) is 9.52 Å². The first-order valence-electron chi connectivity index (χ1n) is 7.70.